The minimum absolute atomic E-state index is 0.200. The van der Waals surface area contributed by atoms with Gasteiger partial charge in [0.25, 0.3) is 0 Å². The third kappa shape index (κ3) is 1.50. The average molecular weight is 243 g/mol. The summed E-state index contributed by atoms with van der Waals surface area (Å²) in [5, 5.41) is 10.4. The van der Waals surface area contributed by atoms with Crippen molar-refractivity contribution >= 4 is 16.7 Å². The summed E-state index contributed by atoms with van der Waals surface area (Å²) in [6.07, 6.45) is 0. The molecule has 0 spiro atoms. The molecule has 0 saturated heterocycles. The number of aromatic nitrogens is 4. The van der Waals surface area contributed by atoms with Crippen LogP contribution in [0.3, 0.4) is 0 Å². The Bertz CT molecular complexity index is 764. The van der Waals surface area contributed by atoms with Crippen LogP contribution in [-0.2, 0) is 0 Å². The van der Waals surface area contributed by atoms with E-state index in [0.717, 1.165) is 33.7 Å². The summed E-state index contributed by atoms with van der Waals surface area (Å²) < 4.78 is 0. The Labute approximate surface area is 102 Å². The molecule has 0 radical (unpaired) electrons. The van der Waals surface area contributed by atoms with E-state index in [-0.39, 0.29) is 5.69 Å². The summed E-state index contributed by atoms with van der Waals surface area (Å²) in [7, 11) is 1.86. The molecule has 0 fully saturated rings. The standard InChI is InChI=1S/C12H13N5O/c1-6-10(13-2)11(17-16-6)7-3-4-8-9(5-7)15-12(18)14-8/h3-5,13H,1-2H3,(H,16,17)(H2,14,15,18). The number of nitrogens with one attached hydrogen (secondary N) is 4. The number of hydrogen-bond donors (Lipinski definition) is 4. The Morgan fingerprint density at radius 2 is 2.00 bits per heavy atom. The van der Waals surface area contributed by atoms with Crippen molar-refractivity contribution in [1.82, 2.24) is 20.2 Å². The third-order valence-corrected chi connectivity index (χ3v) is 2.99. The maximum Gasteiger partial charge on any atom is 0.323 e. The SMILES string of the molecule is CNc1c(-c2ccc3[nH]c(=O)[nH]c3c2)n[nH]c1C. The van der Waals surface area contributed by atoms with Crippen molar-refractivity contribution in [1.29, 1.82) is 0 Å². The highest BCUT2D eigenvalue weighted by molar-refractivity contribution is 5.84. The molecule has 0 aliphatic rings. The van der Waals surface area contributed by atoms with Crippen LogP contribution < -0.4 is 11.0 Å². The van der Waals surface area contributed by atoms with Crippen molar-refractivity contribution < 1.29 is 0 Å². The maximum atomic E-state index is 11.2. The van der Waals surface area contributed by atoms with Crippen LogP contribution in [-0.4, -0.2) is 27.2 Å². The van der Waals surface area contributed by atoms with E-state index in [9.17, 15) is 4.79 Å². The van der Waals surface area contributed by atoms with E-state index >= 15 is 0 Å². The van der Waals surface area contributed by atoms with Gasteiger partial charge in [-0.3, -0.25) is 5.10 Å². The van der Waals surface area contributed by atoms with Gasteiger partial charge in [0.05, 0.1) is 22.4 Å². The van der Waals surface area contributed by atoms with Crippen molar-refractivity contribution in [3.05, 3.63) is 34.4 Å². The Kier molecular flexibility index (Phi) is 2.22. The molecule has 0 aliphatic heterocycles. The first-order chi connectivity index (χ1) is 8.69. The third-order valence-electron chi connectivity index (χ3n) is 2.99. The van der Waals surface area contributed by atoms with Crippen LogP contribution in [0.4, 0.5) is 5.69 Å². The van der Waals surface area contributed by atoms with Crippen LogP contribution in [0.25, 0.3) is 22.3 Å². The molecule has 3 aromatic rings. The smallest absolute Gasteiger partial charge is 0.323 e. The van der Waals surface area contributed by atoms with Gasteiger partial charge in [-0.2, -0.15) is 5.10 Å². The minimum atomic E-state index is -0.200. The highest BCUT2D eigenvalue weighted by Gasteiger charge is 2.11. The highest BCUT2D eigenvalue weighted by atomic mass is 16.1. The molecule has 1 aromatic carbocycles. The highest BCUT2D eigenvalue weighted by Crippen LogP contribution is 2.29. The maximum absolute atomic E-state index is 11.2. The van der Waals surface area contributed by atoms with E-state index in [4.69, 9.17) is 0 Å². The molecule has 6 heteroatoms. The zero-order valence-electron chi connectivity index (χ0n) is 10.1. The summed E-state index contributed by atoms with van der Waals surface area (Å²) in [6.45, 7) is 1.96. The topological polar surface area (TPSA) is 89.4 Å². The number of H-pyrrole nitrogens is 3. The van der Waals surface area contributed by atoms with Gasteiger partial charge in [-0.1, -0.05) is 6.07 Å². The fourth-order valence-corrected chi connectivity index (χ4v) is 2.12. The normalized spacial score (nSPS) is 11.0. The average Bonchev–Trinajstić information content (AvgIpc) is 2.89. The van der Waals surface area contributed by atoms with Gasteiger partial charge in [0, 0.05) is 12.6 Å². The van der Waals surface area contributed by atoms with Crippen molar-refractivity contribution in [2.75, 3.05) is 12.4 Å². The van der Waals surface area contributed by atoms with Gasteiger partial charge in [-0.05, 0) is 19.1 Å². The van der Waals surface area contributed by atoms with Crippen molar-refractivity contribution in [2.24, 2.45) is 0 Å². The number of nitrogens with zero attached hydrogens (tertiary/aromatic N) is 1. The molecule has 0 saturated carbocycles. The van der Waals surface area contributed by atoms with Gasteiger partial charge in [-0.15, -0.1) is 0 Å². The summed E-state index contributed by atoms with van der Waals surface area (Å²) in [5.41, 5.74) is 5.12. The second-order valence-electron chi connectivity index (χ2n) is 4.16. The Hall–Kier alpha value is -2.50. The van der Waals surface area contributed by atoms with E-state index in [1.54, 1.807) is 0 Å². The van der Waals surface area contributed by atoms with Crippen LogP contribution in [0, 0.1) is 6.92 Å². The number of imidazole rings is 1. The summed E-state index contributed by atoms with van der Waals surface area (Å²) in [6, 6.07) is 5.71. The second kappa shape index (κ2) is 3.76. The predicted molar refractivity (Wildman–Crippen MR) is 70.8 cm³/mol. The Morgan fingerprint density at radius 1 is 1.22 bits per heavy atom. The van der Waals surface area contributed by atoms with Gasteiger partial charge in [0.15, 0.2) is 0 Å². The van der Waals surface area contributed by atoms with Gasteiger partial charge >= 0.3 is 5.69 Å². The monoisotopic (exact) mass is 243 g/mol. The van der Waals surface area contributed by atoms with E-state index in [1.165, 1.54) is 0 Å². The molecule has 6 nitrogen and oxygen atoms in total. The number of hydrogen-bond acceptors (Lipinski definition) is 3. The minimum Gasteiger partial charge on any atom is -0.385 e. The largest absolute Gasteiger partial charge is 0.385 e. The van der Waals surface area contributed by atoms with Crippen LogP contribution in [0.2, 0.25) is 0 Å². The molecule has 0 amide bonds. The van der Waals surface area contributed by atoms with Gasteiger partial charge in [0.2, 0.25) is 0 Å². The molecule has 4 N–H and O–H groups in total. The number of aryl methyl sites for hydroxylation is 1. The molecule has 0 bridgehead atoms. The molecule has 0 atom stereocenters. The van der Waals surface area contributed by atoms with E-state index < -0.39 is 0 Å². The molecule has 0 aliphatic carbocycles. The summed E-state index contributed by atoms with van der Waals surface area (Å²) in [4.78, 5) is 16.7. The van der Waals surface area contributed by atoms with Gasteiger partial charge < -0.3 is 15.3 Å². The fourth-order valence-electron chi connectivity index (χ4n) is 2.12. The van der Waals surface area contributed by atoms with E-state index in [0.29, 0.717) is 0 Å². The number of aromatic amines is 3. The lowest BCUT2D eigenvalue weighted by molar-refractivity contribution is 1.05. The second-order valence-corrected chi connectivity index (χ2v) is 4.16. The quantitative estimate of drug-likeness (QED) is 0.551. The lowest BCUT2D eigenvalue weighted by atomic mass is 10.1. The fraction of sp³-hybridized carbons (Fsp3) is 0.167. The van der Waals surface area contributed by atoms with Gasteiger partial charge in [-0.25, -0.2) is 4.79 Å². The molecule has 0 unspecified atom stereocenters. The number of anilines is 1. The molecular weight excluding hydrogens is 230 g/mol. The first-order valence-electron chi connectivity index (χ1n) is 5.64. The molecule has 3 rings (SSSR count). The van der Waals surface area contributed by atoms with Crippen molar-refractivity contribution in [3.8, 4) is 11.3 Å². The Balaban J connectivity index is 2.21. The number of rotatable bonds is 2. The molecule has 2 heterocycles. The first kappa shape index (κ1) is 10.6. The van der Waals surface area contributed by atoms with E-state index in [2.05, 4.69) is 25.5 Å². The molecule has 2 aromatic heterocycles. The van der Waals surface area contributed by atoms with Gasteiger partial charge in [0.1, 0.15) is 5.69 Å². The summed E-state index contributed by atoms with van der Waals surface area (Å²) in [5.74, 6) is 0. The van der Waals surface area contributed by atoms with Crippen LogP contribution in [0.15, 0.2) is 23.0 Å². The predicted octanol–water partition coefficient (Wildman–Crippen LogP) is 1.60. The van der Waals surface area contributed by atoms with Crippen molar-refractivity contribution in [3.63, 3.8) is 0 Å². The van der Waals surface area contributed by atoms with Crippen LogP contribution >= 0.6 is 0 Å². The summed E-state index contributed by atoms with van der Waals surface area (Å²) >= 11 is 0. The first-order valence-corrected chi connectivity index (χ1v) is 5.64. The van der Waals surface area contributed by atoms with E-state index in [1.807, 2.05) is 32.2 Å². The number of fused-ring (bicyclic) bond motifs is 1. The van der Waals surface area contributed by atoms with Crippen molar-refractivity contribution in [2.45, 2.75) is 6.92 Å². The van der Waals surface area contributed by atoms with Crippen LogP contribution in [0.1, 0.15) is 5.69 Å². The molecular formula is C12H13N5O. The zero-order valence-corrected chi connectivity index (χ0v) is 10.1. The lowest BCUT2D eigenvalue weighted by Gasteiger charge is -2.02. The Morgan fingerprint density at radius 3 is 2.78 bits per heavy atom. The number of benzene rings is 1. The molecule has 92 valence electrons. The lowest BCUT2D eigenvalue weighted by Crippen LogP contribution is -1.99. The van der Waals surface area contributed by atoms with Crippen LogP contribution in [0.5, 0.6) is 0 Å². The zero-order chi connectivity index (χ0) is 12.7. The molecule has 18 heavy (non-hydrogen) atoms.